The minimum atomic E-state index is -3.66. The Kier molecular flexibility index (Phi) is 5.09. The van der Waals surface area contributed by atoms with Crippen LogP contribution in [0.2, 0.25) is 0 Å². The van der Waals surface area contributed by atoms with Crippen molar-refractivity contribution in [3.63, 3.8) is 0 Å². The lowest BCUT2D eigenvalue weighted by atomic mass is 10.1. The van der Waals surface area contributed by atoms with Gasteiger partial charge in [-0.25, -0.2) is 12.8 Å². The minimum Gasteiger partial charge on any atom is -0.339 e. The van der Waals surface area contributed by atoms with Crippen LogP contribution in [0.4, 0.5) is 10.1 Å². The molecule has 4 aromatic rings. The Balaban J connectivity index is 1.48. The largest absolute Gasteiger partial charge is 0.339 e. The summed E-state index contributed by atoms with van der Waals surface area (Å²) in [5, 5.41) is 3.94. The second-order valence-electron chi connectivity index (χ2n) is 6.31. The number of sulfonamides is 1. The van der Waals surface area contributed by atoms with Crippen molar-refractivity contribution in [1.82, 2.24) is 10.1 Å². The van der Waals surface area contributed by atoms with E-state index in [1.165, 1.54) is 24.3 Å². The maximum absolute atomic E-state index is 13.3. The number of hydrogen-bond acceptors (Lipinski definition) is 5. The normalized spacial score (nSPS) is 11.3. The van der Waals surface area contributed by atoms with Crippen LogP contribution in [0.5, 0.6) is 0 Å². The maximum atomic E-state index is 13.3. The number of nitrogens with zero attached hydrogens (tertiary/aromatic N) is 2. The smallest absolute Gasteiger partial charge is 0.261 e. The van der Waals surface area contributed by atoms with Crippen LogP contribution in [0.15, 0.2) is 88.3 Å². The number of benzene rings is 3. The highest BCUT2D eigenvalue weighted by atomic mass is 32.2. The molecule has 0 atom stereocenters. The molecular formula is C21H16FN3O3S. The summed E-state index contributed by atoms with van der Waals surface area (Å²) in [6.07, 6.45) is 0.319. The molecule has 0 aliphatic heterocycles. The van der Waals surface area contributed by atoms with Gasteiger partial charge in [0.2, 0.25) is 11.7 Å². The topological polar surface area (TPSA) is 85.1 Å². The molecule has 29 heavy (non-hydrogen) atoms. The molecule has 0 bridgehead atoms. The van der Waals surface area contributed by atoms with Crippen molar-refractivity contribution in [2.24, 2.45) is 0 Å². The predicted molar refractivity (Wildman–Crippen MR) is 106 cm³/mol. The van der Waals surface area contributed by atoms with Crippen molar-refractivity contribution in [2.45, 2.75) is 11.3 Å². The molecule has 0 saturated carbocycles. The minimum absolute atomic E-state index is 0.184. The molecule has 0 unspecified atom stereocenters. The van der Waals surface area contributed by atoms with E-state index in [1.807, 2.05) is 0 Å². The van der Waals surface area contributed by atoms with E-state index < -0.39 is 10.0 Å². The number of aromatic nitrogens is 2. The molecule has 6 nitrogen and oxygen atoms in total. The van der Waals surface area contributed by atoms with Gasteiger partial charge in [0, 0.05) is 11.3 Å². The summed E-state index contributed by atoms with van der Waals surface area (Å²) in [6.45, 7) is 0. The van der Waals surface area contributed by atoms with Crippen LogP contribution in [0.3, 0.4) is 0 Å². The Morgan fingerprint density at radius 3 is 2.41 bits per heavy atom. The maximum Gasteiger partial charge on any atom is 0.261 e. The highest BCUT2D eigenvalue weighted by Crippen LogP contribution is 2.22. The molecule has 146 valence electrons. The van der Waals surface area contributed by atoms with Crippen molar-refractivity contribution < 1.29 is 17.3 Å². The molecule has 4 rings (SSSR count). The van der Waals surface area contributed by atoms with Crippen molar-refractivity contribution in [3.8, 4) is 11.4 Å². The molecule has 0 fully saturated rings. The highest BCUT2D eigenvalue weighted by molar-refractivity contribution is 7.92. The first kappa shape index (κ1) is 18.8. The van der Waals surface area contributed by atoms with Gasteiger partial charge in [-0.1, -0.05) is 35.5 Å². The van der Waals surface area contributed by atoms with Gasteiger partial charge in [0.25, 0.3) is 10.0 Å². The molecule has 1 N–H and O–H groups in total. The molecule has 8 heteroatoms. The molecule has 0 aliphatic carbocycles. The highest BCUT2D eigenvalue weighted by Gasteiger charge is 2.14. The van der Waals surface area contributed by atoms with Crippen LogP contribution in [0.25, 0.3) is 11.4 Å². The van der Waals surface area contributed by atoms with E-state index in [1.54, 1.807) is 54.6 Å². The molecule has 0 radical (unpaired) electrons. The number of rotatable bonds is 6. The fourth-order valence-electron chi connectivity index (χ4n) is 2.77. The first-order valence-electron chi connectivity index (χ1n) is 8.75. The van der Waals surface area contributed by atoms with Crippen LogP contribution in [-0.2, 0) is 16.4 Å². The third kappa shape index (κ3) is 4.49. The number of nitrogens with one attached hydrogen (secondary N) is 1. The van der Waals surface area contributed by atoms with Crippen molar-refractivity contribution >= 4 is 15.7 Å². The summed E-state index contributed by atoms with van der Waals surface area (Å²) in [5.41, 5.74) is 1.81. The van der Waals surface area contributed by atoms with Gasteiger partial charge in [-0.05, 0) is 54.1 Å². The third-order valence-corrected chi connectivity index (χ3v) is 5.56. The van der Waals surface area contributed by atoms with Gasteiger partial charge in [-0.2, -0.15) is 4.98 Å². The van der Waals surface area contributed by atoms with Crippen LogP contribution in [0, 0.1) is 5.82 Å². The molecule has 3 aromatic carbocycles. The third-order valence-electron chi connectivity index (χ3n) is 4.16. The quantitative estimate of drug-likeness (QED) is 0.514. The summed E-state index contributed by atoms with van der Waals surface area (Å²) < 4.78 is 45.8. The Hall–Kier alpha value is -3.52. The summed E-state index contributed by atoms with van der Waals surface area (Å²) in [5.74, 6) is 0.407. The molecular weight excluding hydrogens is 393 g/mol. The van der Waals surface area contributed by atoms with Crippen molar-refractivity contribution in [2.75, 3.05) is 4.72 Å². The fourth-order valence-corrected chi connectivity index (χ4v) is 3.85. The standard InChI is InChI=1S/C21H16FN3O3S/c22-17-6-4-5-15(13-17)14-20-23-21(24-28-20)16-9-11-18(12-10-16)25-29(26,27)19-7-2-1-3-8-19/h1-13,25H,14H2. The second kappa shape index (κ2) is 7.84. The van der Waals surface area contributed by atoms with Gasteiger partial charge in [0.15, 0.2) is 0 Å². The van der Waals surface area contributed by atoms with Crippen LogP contribution in [0.1, 0.15) is 11.5 Å². The Morgan fingerprint density at radius 1 is 0.931 bits per heavy atom. The van der Waals surface area contributed by atoms with E-state index in [4.69, 9.17) is 4.52 Å². The second-order valence-corrected chi connectivity index (χ2v) is 8.00. The number of hydrogen-bond donors (Lipinski definition) is 1. The predicted octanol–water partition coefficient (Wildman–Crippen LogP) is 4.27. The molecule has 1 aromatic heterocycles. The van der Waals surface area contributed by atoms with Gasteiger partial charge in [-0.3, -0.25) is 4.72 Å². The van der Waals surface area contributed by atoms with Crippen molar-refractivity contribution in [1.29, 1.82) is 0 Å². The zero-order chi connectivity index (χ0) is 20.3. The molecule has 1 heterocycles. The van der Waals surface area contributed by atoms with Crippen LogP contribution in [-0.4, -0.2) is 18.6 Å². The molecule has 0 saturated heterocycles. The molecule has 0 spiro atoms. The lowest BCUT2D eigenvalue weighted by molar-refractivity contribution is 0.385. The first-order chi connectivity index (χ1) is 14.0. The van der Waals surface area contributed by atoms with Crippen molar-refractivity contribution in [3.05, 3.63) is 96.1 Å². The Morgan fingerprint density at radius 2 is 1.69 bits per heavy atom. The first-order valence-corrected chi connectivity index (χ1v) is 10.2. The van der Waals surface area contributed by atoms with Gasteiger partial charge < -0.3 is 4.52 Å². The number of anilines is 1. The lowest BCUT2D eigenvalue weighted by Crippen LogP contribution is -2.12. The lowest BCUT2D eigenvalue weighted by Gasteiger charge is -2.08. The number of halogens is 1. The monoisotopic (exact) mass is 409 g/mol. The zero-order valence-electron chi connectivity index (χ0n) is 15.1. The summed E-state index contributed by atoms with van der Waals surface area (Å²) in [6, 6.07) is 20.9. The molecule has 0 aliphatic rings. The van der Waals surface area contributed by atoms with E-state index in [9.17, 15) is 12.8 Å². The van der Waals surface area contributed by atoms with E-state index in [0.717, 1.165) is 5.56 Å². The van der Waals surface area contributed by atoms with E-state index in [0.29, 0.717) is 29.4 Å². The van der Waals surface area contributed by atoms with E-state index in [-0.39, 0.29) is 10.7 Å². The SMILES string of the molecule is O=S(=O)(Nc1ccc(-c2noc(Cc3cccc(F)c3)n2)cc1)c1ccccc1. The average Bonchev–Trinajstić information content (AvgIpc) is 3.17. The van der Waals surface area contributed by atoms with E-state index in [2.05, 4.69) is 14.9 Å². The van der Waals surface area contributed by atoms with Crippen LogP contribution < -0.4 is 4.72 Å². The summed E-state index contributed by atoms with van der Waals surface area (Å²) >= 11 is 0. The average molecular weight is 409 g/mol. The zero-order valence-corrected chi connectivity index (χ0v) is 15.9. The van der Waals surface area contributed by atoms with Crippen LogP contribution >= 0.6 is 0 Å². The van der Waals surface area contributed by atoms with E-state index >= 15 is 0 Å². The molecule has 0 amide bonds. The van der Waals surface area contributed by atoms with Gasteiger partial charge in [0.1, 0.15) is 5.82 Å². The fraction of sp³-hybridized carbons (Fsp3) is 0.0476. The summed E-state index contributed by atoms with van der Waals surface area (Å²) in [7, 11) is -3.66. The van der Waals surface area contributed by atoms with Gasteiger partial charge in [0.05, 0.1) is 11.3 Å². The summed E-state index contributed by atoms with van der Waals surface area (Å²) in [4.78, 5) is 4.50. The Labute approximate surface area is 167 Å². The van der Waals surface area contributed by atoms with Gasteiger partial charge in [-0.15, -0.1) is 0 Å². The Bertz CT molecular complexity index is 1220. The van der Waals surface area contributed by atoms with Gasteiger partial charge >= 0.3 is 0 Å².